The van der Waals surface area contributed by atoms with Gasteiger partial charge in [0, 0.05) is 23.5 Å². The van der Waals surface area contributed by atoms with Crippen LogP contribution in [0, 0.1) is 0 Å². The minimum Gasteiger partial charge on any atom is -0.493 e. The van der Waals surface area contributed by atoms with Crippen molar-refractivity contribution in [3.8, 4) is 39.7 Å². The maximum absolute atomic E-state index is 5.46. The molecule has 0 saturated carbocycles. The average molecular weight is 312 g/mol. The molecule has 1 aromatic carbocycles. The fourth-order valence-electron chi connectivity index (χ4n) is 2.40. The molecule has 0 atom stereocenters. The number of hydrogen-bond donors (Lipinski definition) is 0. The molecule has 3 aromatic rings. The van der Waals surface area contributed by atoms with E-state index in [2.05, 4.69) is 10.1 Å². The van der Waals surface area contributed by atoms with E-state index in [1.54, 1.807) is 39.9 Å². The lowest BCUT2D eigenvalue weighted by Gasteiger charge is -2.13. The standard InChI is InChI=1S/C17H16N2O4/c1-20-14-8-12(9-15(21-2)17(14)22-3)16-13(10-19-23-16)11-4-6-18-7-5-11/h4-10H,1-3H3. The molecule has 6 nitrogen and oxygen atoms in total. The lowest BCUT2D eigenvalue weighted by molar-refractivity contribution is 0.324. The van der Waals surface area contributed by atoms with E-state index in [0.717, 1.165) is 16.7 Å². The fourth-order valence-corrected chi connectivity index (χ4v) is 2.40. The SMILES string of the molecule is COc1cc(-c2oncc2-c2ccncc2)cc(OC)c1OC. The minimum absolute atomic E-state index is 0.531. The Morgan fingerprint density at radius 3 is 2.09 bits per heavy atom. The highest BCUT2D eigenvalue weighted by molar-refractivity contribution is 5.81. The summed E-state index contributed by atoms with van der Waals surface area (Å²) in [6, 6.07) is 7.45. The lowest BCUT2D eigenvalue weighted by atomic mass is 10.0. The Bertz CT molecular complexity index is 774. The number of pyridine rings is 1. The number of benzene rings is 1. The maximum Gasteiger partial charge on any atom is 0.203 e. The van der Waals surface area contributed by atoms with Gasteiger partial charge in [-0.3, -0.25) is 4.98 Å². The van der Waals surface area contributed by atoms with E-state index in [9.17, 15) is 0 Å². The molecule has 0 N–H and O–H groups in total. The van der Waals surface area contributed by atoms with Crippen LogP contribution < -0.4 is 14.2 Å². The third-order valence-electron chi connectivity index (χ3n) is 3.49. The molecule has 0 fully saturated rings. The normalized spacial score (nSPS) is 10.4. The van der Waals surface area contributed by atoms with Crippen LogP contribution >= 0.6 is 0 Å². The van der Waals surface area contributed by atoms with Crippen molar-refractivity contribution in [3.05, 3.63) is 42.9 Å². The van der Waals surface area contributed by atoms with E-state index in [-0.39, 0.29) is 0 Å². The molecule has 23 heavy (non-hydrogen) atoms. The number of aromatic nitrogens is 2. The molecular formula is C17H16N2O4. The van der Waals surface area contributed by atoms with E-state index in [1.165, 1.54) is 0 Å². The van der Waals surface area contributed by atoms with Gasteiger partial charge in [0.25, 0.3) is 0 Å². The number of methoxy groups -OCH3 is 3. The second-order valence-corrected chi connectivity index (χ2v) is 4.72. The van der Waals surface area contributed by atoms with Crippen LogP contribution in [0.4, 0.5) is 0 Å². The summed E-state index contributed by atoms with van der Waals surface area (Å²) in [7, 11) is 4.72. The van der Waals surface area contributed by atoms with Gasteiger partial charge >= 0.3 is 0 Å². The van der Waals surface area contributed by atoms with Gasteiger partial charge < -0.3 is 18.7 Å². The van der Waals surface area contributed by atoms with Gasteiger partial charge in [-0.1, -0.05) is 5.16 Å². The third-order valence-corrected chi connectivity index (χ3v) is 3.49. The van der Waals surface area contributed by atoms with E-state index >= 15 is 0 Å². The molecule has 0 aliphatic carbocycles. The molecule has 0 amide bonds. The van der Waals surface area contributed by atoms with Crippen LogP contribution in [0.1, 0.15) is 0 Å². The third kappa shape index (κ3) is 2.70. The summed E-state index contributed by atoms with van der Waals surface area (Å²) < 4.78 is 21.6. The predicted molar refractivity (Wildman–Crippen MR) is 84.8 cm³/mol. The number of hydrogen-bond acceptors (Lipinski definition) is 6. The first-order valence-corrected chi connectivity index (χ1v) is 6.94. The summed E-state index contributed by atoms with van der Waals surface area (Å²) in [4.78, 5) is 4.03. The Hall–Kier alpha value is -3.02. The zero-order valence-corrected chi connectivity index (χ0v) is 13.1. The van der Waals surface area contributed by atoms with Gasteiger partial charge in [-0.05, 0) is 29.8 Å². The first-order valence-electron chi connectivity index (χ1n) is 6.94. The Morgan fingerprint density at radius 1 is 0.870 bits per heavy atom. The number of ether oxygens (including phenoxy) is 3. The van der Waals surface area contributed by atoms with Gasteiger partial charge in [-0.15, -0.1) is 0 Å². The molecule has 0 spiro atoms. The summed E-state index contributed by atoms with van der Waals surface area (Å²) in [5.74, 6) is 2.26. The van der Waals surface area contributed by atoms with Gasteiger partial charge in [0.1, 0.15) is 0 Å². The van der Waals surface area contributed by atoms with E-state index in [4.69, 9.17) is 18.7 Å². The van der Waals surface area contributed by atoms with Crippen molar-refractivity contribution in [1.29, 1.82) is 0 Å². The van der Waals surface area contributed by atoms with Crippen LogP contribution in [0.5, 0.6) is 17.2 Å². The van der Waals surface area contributed by atoms with Crippen LogP contribution in [0.15, 0.2) is 47.4 Å². The van der Waals surface area contributed by atoms with Gasteiger partial charge in [0.15, 0.2) is 17.3 Å². The zero-order chi connectivity index (χ0) is 16.2. The highest BCUT2D eigenvalue weighted by atomic mass is 16.5. The summed E-state index contributed by atoms with van der Waals surface area (Å²) in [6.07, 6.45) is 5.12. The highest BCUT2D eigenvalue weighted by Gasteiger charge is 2.19. The summed E-state index contributed by atoms with van der Waals surface area (Å²) in [5, 5.41) is 3.92. The van der Waals surface area contributed by atoms with Gasteiger partial charge in [-0.25, -0.2) is 0 Å². The summed E-state index contributed by atoms with van der Waals surface area (Å²) in [5.41, 5.74) is 2.61. The Morgan fingerprint density at radius 2 is 1.52 bits per heavy atom. The maximum atomic E-state index is 5.46. The second kappa shape index (κ2) is 6.39. The molecular weight excluding hydrogens is 296 g/mol. The lowest BCUT2D eigenvalue weighted by Crippen LogP contribution is -1.95. The second-order valence-electron chi connectivity index (χ2n) is 4.72. The Balaban J connectivity index is 2.15. The Kier molecular flexibility index (Phi) is 4.14. The van der Waals surface area contributed by atoms with E-state index in [1.807, 2.05) is 24.3 Å². The molecule has 6 heteroatoms. The molecule has 0 unspecified atom stereocenters. The van der Waals surface area contributed by atoms with Gasteiger partial charge in [-0.2, -0.15) is 0 Å². The predicted octanol–water partition coefficient (Wildman–Crippen LogP) is 3.43. The van der Waals surface area contributed by atoms with Crippen molar-refractivity contribution in [2.45, 2.75) is 0 Å². The molecule has 0 radical (unpaired) electrons. The molecule has 0 saturated heterocycles. The van der Waals surface area contributed by atoms with Crippen molar-refractivity contribution >= 4 is 0 Å². The van der Waals surface area contributed by atoms with Crippen LogP contribution in [0.3, 0.4) is 0 Å². The summed E-state index contributed by atoms with van der Waals surface area (Å²) >= 11 is 0. The molecule has 2 heterocycles. The van der Waals surface area contributed by atoms with E-state index in [0.29, 0.717) is 23.0 Å². The largest absolute Gasteiger partial charge is 0.493 e. The van der Waals surface area contributed by atoms with Crippen molar-refractivity contribution in [3.63, 3.8) is 0 Å². The first-order chi connectivity index (χ1) is 11.3. The quantitative estimate of drug-likeness (QED) is 0.719. The highest BCUT2D eigenvalue weighted by Crippen LogP contribution is 2.43. The minimum atomic E-state index is 0.531. The number of rotatable bonds is 5. The molecule has 0 bridgehead atoms. The van der Waals surface area contributed by atoms with Gasteiger partial charge in [0.05, 0.1) is 27.5 Å². The van der Waals surface area contributed by atoms with Crippen LogP contribution in [-0.2, 0) is 0 Å². The molecule has 3 rings (SSSR count). The van der Waals surface area contributed by atoms with Crippen LogP contribution in [0.25, 0.3) is 22.5 Å². The molecule has 0 aliphatic heterocycles. The smallest absolute Gasteiger partial charge is 0.203 e. The monoisotopic (exact) mass is 312 g/mol. The summed E-state index contributed by atoms with van der Waals surface area (Å²) in [6.45, 7) is 0. The zero-order valence-electron chi connectivity index (χ0n) is 13.1. The average Bonchev–Trinajstić information content (AvgIpc) is 3.10. The fraction of sp³-hybridized carbons (Fsp3) is 0.176. The van der Waals surface area contributed by atoms with Crippen LogP contribution in [-0.4, -0.2) is 31.5 Å². The molecule has 118 valence electrons. The molecule has 0 aliphatic rings. The van der Waals surface area contributed by atoms with E-state index < -0.39 is 0 Å². The van der Waals surface area contributed by atoms with Crippen molar-refractivity contribution in [2.75, 3.05) is 21.3 Å². The Labute approximate surface area is 133 Å². The van der Waals surface area contributed by atoms with Crippen molar-refractivity contribution in [1.82, 2.24) is 10.1 Å². The van der Waals surface area contributed by atoms with Crippen molar-refractivity contribution < 1.29 is 18.7 Å². The first kappa shape index (κ1) is 14.9. The topological polar surface area (TPSA) is 66.6 Å². The van der Waals surface area contributed by atoms with Gasteiger partial charge in [0.2, 0.25) is 5.75 Å². The molecule has 2 aromatic heterocycles. The number of nitrogens with zero attached hydrogens (tertiary/aromatic N) is 2. The van der Waals surface area contributed by atoms with Crippen LogP contribution in [0.2, 0.25) is 0 Å². The van der Waals surface area contributed by atoms with Crippen molar-refractivity contribution in [2.24, 2.45) is 0 Å².